The molecule has 7 heteroatoms. The Bertz CT molecular complexity index is 746. The lowest BCUT2D eigenvalue weighted by Gasteiger charge is -2.34. The molecular formula is C23H36N4O2S. The molecule has 1 fully saturated rings. The van der Waals surface area contributed by atoms with Gasteiger partial charge in [0.25, 0.3) is 0 Å². The molecule has 1 aliphatic rings. The fraction of sp³-hybridized carbons (Fsp3) is 0.609. The second-order valence-electron chi connectivity index (χ2n) is 7.99. The van der Waals surface area contributed by atoms with Gasteiger partial charge in [0.2, 0.25) is 0 Å². The van der Waals surface area contributed by atoms with Gasteiger partial charge in [-0.1, -0.05) is 19.1 Å². The first-order valence-corrected chi connectivity index (χ1v) is 12.0. The highest BCUT2D eigenvalue weighted by atomic mass is 32.1. The number of ether oxygens (including phenoxy) is 1. The summed E-state index contributed by atoms with van der Waals surface area (Å²) in [7, 11) is 0. The lowest BCUT2D eigenvalue weighted by molar-refractivity contribution is 0.0471. The number of aromatic nitrogens is 1. The lowest BCUT2D eigenvalue weighted by atomic mass is 10.2. The van der Waals surface area contributed by atoms with E-state index in [0.29, 0.717) is 13.2 Å². The number of piperazine rings is 1. The monoisotopic (exact) mass is 432 g/mol. The van der Waals surface area contributed by atoms with Gasteiger partial charge in [0.15, 0.2) is 0 Å². The van der Waals surface area contributed by atoms with Crippen molar-refractivity contribution in [1.82, 2.24) is 20.1 Å². The number of hydrogen-bond donors (Lipinski definition) is 2. The van der Waals surface area contributed by atoms with Crippen LogP contribution >= 0.6 is 11.3 Å². The van der Waals surface area contributed by atoms with Crippen molar-refractivity contribution >= 4 is 11.3 Å². The van der Waals surface area contributed by atoms with Crippen molar-refractivity contribution in [3.63, 3.8) is 0 Å². The standard InChI is InChI=1S/C23H36N4O2S/c1-3-26-10-12-27(13-11-26)16-21(28)17-29-22-7-4-6-20(14-22)15-24-9-5-8-23-19(2)25-18-30-23/h4,6-7,14,18,21,24,28H,3,5,8-13,15-17H2,1-2H3/t21-/m0/s1. The van der Waals surface area contributed by atoms with E-state index >= 15 is 0 Å². The van der Waals surface area contributed by atoms with Gasteiger partial charge in [0.1, 0.15) is 18.5 Å². The van der Waals surface area contributed by atoms with Crippen LogP contribution in [0.3, 0.4) is 0 Å². The molecule has 3 rings (SSSR count). The summed E-state index contributed by atoms with van der Waals surface area (Å²) < 4.78 is 5.86. The van der Waals surface area contributed by atoms with Crippen molar-refractivity contribution in [2.24, 2.45) is 0 Å². The second-order valence-corrected chi connectivity index (χ2v) is 8.93. The number of rotatable bonds is 12. The van der Waals surface area contributed by atoms with Gasteiger partial charge in [0.05, 0.1) is 11.2 Å². The van der Waals surface area contributed by atoms with Gasteiger partial charge in [-0.05, 0) is 50.6 Å². The van der Waals surface area contributed by atoms with Crippen molar-refractivity contribution in [2.75, 3.05) is 52.4 Å². The van der Waals surface area contributed by atoms with E-state index in [1.54, 1.807) is 11.3 Å². The van der Waals surface area contributed by atoms with E-state index in [9.17, 15) is 5.11 Å². The summed E-state index contributed by atoms with van der Waals surface area (Å²) in [5.41, 5.74) is 4.29. The second kappa shape index (κ2) is 12.4. The lowest BCUT2D eigenvalue weighted by Crippen LogP contribution is -2.49. The zero-order valence-electron chi connectivity index (χ0n) is 18.3. The molecule has 0 aliphatic carbocycles. The maximum absolute atomic E-state index is 10.4. The van der Waals surface area contributed by atoms with Crippen LogP contribution in [0.5, 0.6) is 5.75 Å². The predicted molar refractivity (Wildman–Crippen MR) is 123 cm³/mol. The number of thiazole rings is 1. The van der Waals surface area contributed by atoms with Gasteiger partial charge < -0.3 is 20.1 Å². The Morgan fingerprint density at radius 3 is 2.77 bits per heavy atom. The quantitative estimate of drug-likeness (QED) is 0.503. The molecule has 6 nitrogen and oxygen atoms in total. The van der Waals surface area contributed by atoms with Crippen LogP contribution in [0.25, 0.3) is 0 Å². The summed E-state index contributed by atoms with van der Waals surface area (Å²) in [6.07, 6.45) is 1.73. The molecule has 0 unspecified atom stereocenters. The molecule has 1 aliphatic heterocycles. The molecule has 2 N–H and O–H groups in total. The largest absolute Gasteiger partial charge is 0.491 e. The number of aryl methyl sites for hydroxylation is 2. The minimum absolute atomic E-state index is 0.332. The van der Waals surface area contributed by atoms with Gasteiger partial charge >= 0.3 is 0 Å². The SMILES string of the molecule is CCN1CCN(C[C@H](O)COc2cccc(CNCCCc3scnc3C)c2)CC1. The van der Waals surface area contributed by atoms with Gasteiger partial charge in [-0.25, -0.2) is 4.98 Å². The molecule has 166 valence electrons. The molecule has 1 saturated heterocycles. The van der Waals surface area contributed by atoms with E-state index in [1.165, 1.54) is 10.4 Å². The number of aliphatic hydroxyl groups excluding tert-OH is 1. The minimum atomic E-state index is -0.463. The third kappa shape index (κ3) is 7.63. The van der Waals surface area contributed by atoms with Crippen LogP contribution in [0, 0.1) is 6.92 Å². The van der Waals surface area contributed by atoms with Gasteiger partial charge in [-0.2, -0.15) is 0 Å². The van der Waals surface area contributed by atoms with Crippen molar-refractivity contribution < 1.29 is 9.84 Å². The van der Waals surface area contributed by atoms with Crippen molar-refractivity contribution in [1.29, 1.82) is 0 Å². The number of nitrogens with one attached hydrogen (secondary N) is 1. The fourth-order valence-electron chi connectivity index (χ4n) is 3.75. The van der Waals surface area contributed by atoms with Crippen molar-refractivity contribution in [2.45, 2.75) is 39.3 Å². The Kier molecular flexibility index (Phi) is 9.55. The molecule has 0 radical (unpaired) electrons. The molecule has 0 spiro atoms. The summed E-state index contributed by atoms with van der Waals surface area (Å²) in [6, 6.07) is 8.15. The van der Waals surface area contributed by atoms with Crippen molar-refractivity contribution in [3.8, 4) is 5.75 Å². The van der Waals surface area contributed by atoms with Crippen LogP contribution in [0.2, 0.25) is 0 Å². The average Bonchev–Trinajstić information content (AvgIpc) is 3.17. The Hall–Kier alpha value is -1.51. The normalized spacial score (nSPS) is 16.6. The van der Waals surface area contributed by atoms with Crippen LogP contribution in [0.15, 0.2) is 29.8 Å². The topological polar surface area (TPSA) is 60.9 Å². The van der Waals surface area contributed by atoms with E-state index < -0.39 is 6.10 Å². The first-order chi connectivity index (χ1) is 14.6. The third-order valence-electron chi connectivity index (χ3n) is 5.65. The Morgan fingerprint density at radius 1 is 1.23 bits per heavy atom. The first-order valence-electron chi connectivity index (χ1n) is 11.1. The fourth-order valence-corrected chi connectivity index (χ4v) is 4.57. The molecule has 1 aromatic heterocycles. The smallest absolute Gasteiger partial charge is 0.119 e. The number of benzene rings is 1. The van der Waals surface area contributed by atoms with Crippen LogP contribution in [0.4, 0.5) is 0 Å². The molecule has 2 aromatic rings. The predicted octanol–water partition coefficient (Wildman–Crippen LogP) is 2.55. The Morgan fingerprint density at radius 2 is 2.03 bits per heavy atom. The molecule has 0 bridgehead atoms. The summed E-state index contributed by atoms with van der Waals surface area (Å²) in [6.45, 7) is 12.4. The number of aliphatic hydroxyl groups is 1. The van der Waals surface area contributed by atoms with E-state index in [2.05, 4.69) is 46.1 Å². The van der Waals surface area contributed by atoms with Crippen LogP contribution in [-0.2, 0) is 13.0 Å². The van der Waals surface area contributed by atoms with Crippen LogP contribution in [-0.4, -0.2) is 78.4 Å². The number of likely N-dealkylation sites (N-methyl/N-ethyl adjacent to an activating group) is 1. The Labute approximate surface area is 184 Å². The van der Waals surface area contributed by atoms with E-state index in [0.717, 1.165) is 70.1 Å². The molecule has 30 heavy (non-hydrogen) atoms. The molecule has 0 saturated carbocycles. The van der Waals surface area contributed by atoms with Crippen LogP contribution in [0.1, 0.15) is 29.5 Å². The molecular weight excluding hydrogens is 396 g/mol. The highest BCUT2D eigenvalue weighted by Gasteiger charge is 2.18. The molecule has 1 atom stereocenters. The van der Waals surface area contributed by atoms with Gasteiger partial charge in [-0.3, -0.25) is 4.90 Å². The summed E-state index contributed by atoms with van der Waals surface area (Å²) in [4.78, 5) is 10.5. The van der Waals surface area contributed by atoms with E-state index in [4.69, 9.17) is 4.74 Å². The zero-order valence-corrected chi connectivity index (χ0v) is 19.2. The molecule has 0 amide bonds. The summed E-state index contributed by atoms with van der Waals surface area (Å²) in [5.74, 6) is 0.824. The van der Waals surface area contributed by atoms with Gasteiger partial charge in [-0.15, -0.1) is 11.3 Å². The number of hydrogen-bond acceptors (Lipinski definition) is 7. The number of β-amino-alcohol motifs (C(OH)–C–C–N with tert-alkyl or cyclic N) is 1. The van der Waals surface area contributed by atoms with Gasteiger partial charge in [0, 0.05) is 44.1 Å². The highest BCUT2D eigenvalue weighted by Crippen LogP contribution is 2.15. The van der Waals surface area contributed by atoms with E-state index in [1.807, 2.05) is 17.6 Å². The number of nitrogens with zero attached hydrogens (tertiary/aromatic N) is 3. The maximum Gasteiger partial charge on any atom is 0.119 e. The summed E-state index contributed by atoms with van der Waals surface area (Å²) >= 11 is 1.74. The van der Waals surface area contributed by atoms with Crippen LogP contribution < -0.4 is 10.1 Å². The van der Waals surface area contributed by atoms with Crippen molar-refractivity contribution in [3.05, 3.63) is 45.9 Å². The van der Waals surface area contributed by atoms with E-state index in [-0.39, 0.29) is 0 Å². The first kappa shape index (κ1) is 23.2. The average molecular weight is 433 g/mol. The minimum Gasteiger partial charge on any atom is -0.491 e. The third-order valence-corrected chi connectivity index (χ3v) is 6.65. The highest BCUT2D eigenvalue weighted by molar-refractivity contribution is 7.09. The summed E-state index contributed by atoms with van der Waals surface area (Å²) in [5, 5.41) is 13.9. The molecule has 1 aromatic carbocycles. The zero-order chi connectivity index (χ0) is 21.2. The maximum atomic E-state index is 10.4. The molecule has 2 heterocycles. The Balaban J connectivity index is 1.32.